The second-order valence-electron chi connectivity index (χ2n) is 8.09. The lowest BCUT2D eigenvalue weighted by molar-refractivity contribution is 1.16. The Morgan fingerprint density at radius 2 is 1.23 bits per heavy atom. The molecule has 0 saturated heterocycles. The largest absolute Gasteiger partial charge is 0.309 e. The predicted octanol–water partition coefficient (Wildman–Crippen LogP) is 8.17. The van der Waals surface area contributed by atoms with Crippen molar-refractivity contribution in [2.24, 2.45) is 0 Å². The minimum absolute atomic E-state index is 1.05. The molecule has 0 N–H and O–H groups in total. The standard InChI is InChI=1S/C30H23N/c1-2-21-16-18-25(26-13-7-6-12-24(21)26)22-17-19-30-28(20-22)27-14-8-9-15-29(27)31(30)23-10-4-3-5-11-23/h3-20H,2H2,1H3. The molecule has 0 spiro atoms. The Bertz CT molecular complexity index is 1550. The fraction of sp³-hybridized carbons (Fsp3) is 0.0667. The van der Waals surface area contributed by atoms with Crippen LogP contribution >= 0.6 is 0 Å². The van der Waals surface area contributed by atoms with Crippen LogP contribution in [0.15, 0.2) is 109 Å². The van der Waals surface area contributed by atoms with E-state index >= 15 is 0 Å². The van der Waals surface area contributed by atoms with Gasteiger partial charge in [0, 0.05) is 16.5 Å². The Balaban J connectivity index is 1.66. The maximum Gasteiger partial charge on any atom is 0.0541 e. The number of aromatic nitrogens is 1. The summed E-state index contributed by atoms with van der Waals surface area (Å²) in [6.45, 7) is 2.23. The van der Waals surface area contributed by atoms with Crippen molar-refractivity contribution in [3.8, 4) is 16.8 Å². The minimum Gasteiger partial charge on any atom is -0.309 e. The first-order chi connectivity index (χ1) is 15.3. The maximum absolute atomic E-state index is 2.37. The van der Waals surface area contributed by atoms with E-state index in [0.717, 1.165) is 6.42 Å². The minimum atomic E-state index is 1.05. The molecular formula is C30H23N. The van der Waals surface area contributed by atoms with Crippen molar-refractivity contribution < 1.29 is 0 Å². The Hall–Kier alpha value is -3.84. The zero-order valence-electron chi connectivity index (χ0n) is 17.5. The van der Waals surface area contributed by atoms with E-state index in [9.17, 15) is 0 Å². The van der Waals surface area contributed by atoms with Gasteiger partial charge in [0.2, 0.25) is 0 Å². The third kappa shape index (κ3) is 2.78. The number of nitrogens with zero attached hydrogens (tertiary/aromatic N) is 1. The highest BCUT2D eigenvalue weighted by molar-refractivity contribution is 6.11. The fourth-order valence-electron chi connectivity index (χ4n) is 4.92. The molecule has 31 heavy (non-hydrogen) atoms. The summed E-state index contributed by atoms with van der Waals surface area (Å²) in [5.41, 5.74) is 7.64. The first-order valence-corrected chi connectivity index (χ1v) is 10.9. The summed E-state index contributed by atoms with van der Waals surface area (Å²) in [4.78, 5) is 0. The number of para-hydroxylation sites is 2. The smallest absolute Gasteiger partial charge is 0.0541 e. The van der Waals surface area contributed by atoms with Crippen LogP contribution in [0.5, 0.6) is 0 Å². The van der Waals surface area contributed by atoms with Crippen molar-refractivity contribution in [1.29, 1.82) is 0 Å². The van der Waals surface area contributed by atoms with Gasteiger partial charge in [-0.15, -0.1) is 0 Å². The monoisotopic (exact) mass is 397 g/mol. The summed E-state index contributed by atoms with van der Waals surface area (Å²) in [5, 5.41) is 5.26. The Labute approximate surface area is 182 Å². The highest BCUT2D eigenvalue weighted by atomic mass is 15.0. The molecule has 1 heteroatoms. The van der Waals surface area contributed by atoms with E-state index in [1.807, 2.05) is 0 Å². The van der Waals surface area contributed by atoms with Gasteiger partial charge in [-0.2, -0.15) is 0 Å². The number of aryl methyl sites for hydroxylation is 1. The van der Waals surface area contributed by atoms with E-state index in [1.54, 1.807) is 0 Å². The second kappa shape index (κ2) is 7.14. The molecule has 0 aliphatic rings. The molecule has 0 amide bonds. The molecule has 1 heterocycles. The van der Waals surface area contributed by atoms with E-state index < -0.39 is 0 Å². The molecule has 0 saturated carbocycles. The Kier molecular flexibility index (Phi) is 4.14. The first kappa shape index (κ1) is 18.0. The lowest BCUT2D eigenvalue weighted by atomic mass is 9.93. The van der Waals surface area contributed by atoms with Crippen LogP contribution in [0.25, 0.3) is 49.4 Å². The van der Waals surface area contributed by atoms with Crippen LogP contribution in [0, 0.1) is 0 Å². The topological polar surface area (TPSA) is 4.93 Å². The van der Waals surface area contributed by atoms with Crippen LogP contribution in [0.2, 0.25) is 0 Å². The molecule has 0 radical (unpaired) electrons. The van der Waals surface area contributed by atoms with Gasteiger partial charge in [-0.05, 0) is 64.2 Å². The van der Waals surface area contributed by atoms with E-state index in [1.165, 1.54) is 55.0 Å². The van der Waals surface area contributed by atoms with Crippen molar-refractivity contribution in [2.75, 3.05) is 0 Å². The molecule has 0 unspecified atom stereocenters. The summed E-state index contributed by atoms with van der Waals surface area (Å²) >= 11 is 0. The van der Waals surface area contributed by atoms with Crippen molar-refractivity contribution in [3.05, 3.63) is 115 Å². The van der Waals surface area contributed by atoms with Crippen molar-refractivity contribution >= 4 is 32.6 Å². The summed E-state index contributed by atoms with van der Waals surface area (Å²) < 4.78 is 2.37. The third-order valence-electron chi connectivity index (χ3n) is 6.39. The van der Waals surface area contributed by atoms with Gasteiger partial charge in [0.1, 0.15) is 0 Å². The predicted molar refractivity (Wildman–Crippen MR) is 133 cm³/mol. The maximum atomic E-state index is 2.37. The Morgan fingerprint density at radius 1 is 0.548 bits per heavy atom. The van der Waals surface area contributed by atoms with Gasteiger partial charge in [-0.25, -0.2) is 0 Å². The number of benzene rings is 5. The zero-order chi connectivity index (χ0) is 20.8. The zero-order valence-corrected chi connectivity index (χ0v) is 17.5. The highest BCUT2D eigenvalue weighted by Crippen LogP contribution is 2.37. The second-order valence-corrected chi connectivity index (χ2v) is 8.09. The lowest BCUT2D eigenvalue weighted by Crippen LogP contribution is -1.93. The highest BCUT2D eigenvalue weighted by Gasteiger charge is 2.14. The van der Waals surface area contributed by atoms with E-state index in [-0.39, 0.29) is 0 Å². The van der Waals surface area contributed by atoms with Gasteiger partial charge >= 0.3 is 0 Å². The van der Waals surface area contributed by atoms with E-state index in [0.29, 0.717) is 0 Å². The average molecular weight is 398 g/mol. The first-order valence-electron chi connectivity index (χ1n) is 10.9. The van der Waals surface area contributed by atoms with Gasteiger partial charge in [-0.1, -0.05) is 85.8 Å². The quantitative estimate of drug-likeness (QED) is 0.284. The fourth-order valence-corrected chi connectivity index (χ4v) is 4.92. The Morgan fingerprint density at radius 3 is 2.03 bits per heavy atom. The van der Waals surface area contributed by atoms with E-state index in [4.69, 9.17) is 0 Å². The van der Waals surface area contributed by atoms with Crippen LogP contribution < -0.4 is 0 Å². The molecule has 5 aromatic carbocycles. The molecule has 6 aromatic rings. The number of rotatable bonds is 3. The molecule has 0 fully saturated rings. The van der Waals surface area contributed by atoms with Crippen molar-refractivity contribution in [1.82, 2.24) is 4.57 Å². The molecule has 1 nitrogen and oxygen atoms in total. The van der Waals surface area contributed by atoms with Crippen LogP contribution in [0.3, 0.4) is 0 Å². The summed E-state index contributed by atoms with van der Waals surface area (Å²) in [5.74, 6) is 0. The van der Waals surface area contributed by atoms with Crippen LogP contribution in [-0.4, -0.2) is 4.57 Å². The third-order valence-corrected chi connectivity index (χ3v) is 6.39. The molecule has 0 aliphatic heterocycles. The normalized spacial score (nSPS) is 11.5. The van der Waals surface area contributed by atoms with Crippen LogP contribution in [0.1, 0.15) is 12.5 Å². The SMILES string of the molecule is CCc1ccc(-c2ccc3c(c2)c2ccccc2n3-c2ccccc2)c2ccccc12. The summed E-state index contributed by atoms with van der Waals surface area (Å²) in [6, 6.07) is 39.6. The summed E-state index contributed by atoms with van der Waals surface area (Å²) in [7, 11) is 0. The van der Waals surface area contributed by atoms with Crippen LogP contribution in [-0.2, 0) is 6.42 Å². The summed E-state index contributed by atoms with van der Waals surface area (Å²) in [6.07, 6.45) is 1.05. The number of hydrogen-bond acceptors (Lipinski definition) is 0. The van der Waals surface area contributed by atoms with Gasteiger partial charge in [0.25, 0.3) is 0 Å². The lowest BCUT2D eigenvalue weighted by Gasteiger charge is -2.11. The van der Waals surface area contributed by atoms with Crippen molar-refractivity contribution in [3.63, 3.8) is 0 Å². The van der Waals surface area contributed by atoms with Gasteiger partial charge in [-0.3, -0.25) is 0 Å². The van der Waals surface area contributed by atoms with Gasteiger partial charge < -0.3 is 4.57 Å². The molecular weight excluding hydrogens is 374 g/mol. The van der Waals surface area contributed by atoms with Gasteiger partial charge in [0.05, 0.1) is 11.0 Å². The molecule has 1 aromatic heterocycles. The molecule has 0 aliphatic carbocycles. The molecule has 6 rings (SSSR count). The molecule has 148 valence electrons. The van der Waals surface area contributed by atoms with E-state index in [2.05, 4.69) is 121 Å². The van der Waals surface area contributed by atoms with Crippen LogP contribution in [0.4, 0.5) is 0 Å². The number of fused-ring (bicyclic) bond motifs is 4. The van der Waals surface area contributed by atoms with Gasteiger partial charge in [0.15, 0.2) is 0 Å². The van der Waals surface area contributed by atoms with Crippen molar-refractivity contribution in [2.45, 2.75) is 13.3 Å². The number of hydrogen-bond donors (Lipinski definition) is 0. The molecule has 0 atom stereocenters. The average Bonchev–Trinajstić information content (AvgIpc) is 3.17. The molecule has 0 bridgehead atoms.